The molecular formula is C27H31N3O4S. The van der Waals surface area contributed by atoms with Gasteiger partial charge in [0.1, 0.15) is 12.6 Å². The molecule has 1 N–H and O–H groups in total. The van der Waals surface area contributed by atoms with Crippen LogP contribution in [0.3, 0.4) is 0 Å². The molecule has 0 saturated heterocycles. The van der Waals surface area contributed by atoms with Crippen molar-refractivity contribution in [2.75, 3.05) is 17.9 Å². The molecule has 0 aliphatic heterocycles. The van der Waals surface area contributed by atoms with Crippen LogP contribution in [-0.2, 0) is 26.2 Å². The summed E-state index contributed by atoms with van der Waals surface area (Å²) in [5, 5.41) is 2.58. The minimum Gasteiger partial charge on any atom is -0.357 e. The Morgan fingerprint density at radius 1 is 0.857 bits per heavy atom. The third-order valence-electron chi connectivity index (χ3n) is 5.82. The zero-order valence-electron chi connectivity index (χ0n) is 20.4. The molecule has 0 bridgehead atoms. The molecule has 3 aromatic carbocycles. The van der Waals surface area contributed by atoms with Crippen LogP contribution in [0.1, 0.15) is 23.6 Å². The Hall–Kier alpha value is -3.65. The predicted octanol–water partition coefficient (Wildman–Crippen LogP) is 3.66. The maximum atomic E-state index is 13.6. The highest BCUT2D eigenvalue weighted by Crippen LogP contribution is 2.24. The van der Waals surface area contributed by atoms with E-state index >= 15 is 0 Å². The van der Waals surface area contributed by atoms with Crippen LogP contribution in [0.15, 0.2) is 83.8 Å². The second kappa shape index (κ2) is 11.2. The molecule has 0 aliphatic rings. The van der Waals surface area contributed by atoms with E-state index in [2.05, 4.69) is 5.32 Å². The molecular weight excluding hydrogens is 462 g/mol. The summed E-state index contributed by atoms with van der Waals surface area (Å²) in [4.78, 5) is 27.6. The minimum absolute atomic E-state index is 0.0872. The Morgan fingerprint density at radius 3 is 1.94 bits per heavy atom. The molecule has 0 heterocycles. The summed E-state index contributed by atoms with van der Waals surface area (Å²) in [6, 6.07) is 21.8. The fraction of sp³-hybridized carbons (Fsp3) is 0.259. The first-order valence-electron chi connectivity index (χ1n) is 11.3. The largest absolute Gasteiger partial charge is 0.357 e. The van der Waals surface area contributed by atoms with E-state index in [0.717, 1.165) is 21.0 Å². The SMILES string of the molecule is CNC(=O)C(C)N(Cc1ccc(C)cc1)C(=O)CN(c1ccccc1)S(=O)(=O)c1ccc(C)cc1. The Morgan fingerprint density at radius 2 is 1.40 bits per heavy atom. The molecule has 0 aromatic heterocycles. The summed E-state index contributed by atoms with van der Waals surface area (Å²) >= 11 is 0. The highest BCUT2D eigenvalue weighted by Gasteiger charge is 2.32. The first-order valence-corrected chi connectivity index (χ1v) is 12.8. The first-order chi connectivity index (χ1) is 16.6. The molecule has 1 unspecified atom stereocenters. The number of hydrogen-bond donors (Lipinski definition) is 1. The van der Waals surface area contributed by atoms with E-state index in [9.17, 15) is 18.0 Å². The van der Waals surface area contributed by atoms with E-state index in [1.807, 2.05) is 38.1 Å². The molecule has 3 rings (SSSR count). The molecule has 7 nitrogen and oxygen atoms in total. The molecule has 0 saturated carbocycles. The van der Waals surface area contributed by atoms with Gasteiger partial charge in [-0.05, 0) is 50.6 Å². The number of sulfonamides is 1. The average Bonchev–Trinajstić information content (AvgIpc) is 2.86. The van der Waals surface area contributed by atoms with Crippen LogP contribution in [0.25, 0.3) is 0 Å². The molecule has 0 spiro atoms. The van der Waals surface area contributed by atoms with Gasteiger partial charge in [0, 0.05) is 13.6 Å². The van der Waals surface area contributed by atoms with Crippen LogP contribution in [0.5, 0.6) is 0 Å². The van der Waals surface area contributed by atoms with Crippen molar-refractivity contribution in [3.63, 3.8) is 0 Å². The van der Waals surface area contributed by atoms with Crippen LogP contribution < -0.4 is 9.62 Å². The summed E-state index contributed by atoms with van der Waals surface area (Å²) in [5.41, 5.74) is 3.21. The number of benzene rings is 3. The van der Waals surface area contributed by atoms with Gasteiger partial charge >= 0.3 is 0 Å². The number of carbonyl (C=O) groups excluding carboxylic acids is 2. The van der Waals surface area contributed by atoms with E-state index in [0.29, 0.717) is 5.69 Å². The maximum absolute atomic E-state index is 13.6. The van der Waals surface area contributed by atoms with Crippen LogP contribution in [0.2, 0.25) is 0 Å². The monoisotopic (exact) mass is 493 g/mol. The lowest BCUT2D eigenvalue weighted by Gasteiger charge is -2.31. The van der Waals surface area contributed by atoms with E-state index in [4.69, 9.17) is 0 Å². The van der Waals surface area contributed by atoms with Gasteiger partial charge in [0.05, 0.1) is 10.6 Å². The Kier molecular flexibility index (Phi) is 8.30. The summed E-state index contributed by atoms with van der Waals surface area (Å²) in [5.74, 6) is -0.820. The smallest absolute Gasteiger partial charge is 0.264 e. The molecule has 0 fully saturated rings. The van der Waals surface area contributed by atoms with Crippen molar-refractivity contribution in [2.45, 2.75) is 38.3 Å². The molecule has 8 heteroatoms. The van der Waals surface area contributed by atoms with Crippen molar-refractivity contribution in [3.05, 3.63) is 95.6 Å². The van der Waals surface area contributed by atoms with Crippen molar-refractivity contribution in [1.82, 2.24) is 10.2 Å². The number of nitrogens with one attached hydrogen (secondary N) is 1. The molecule has 184 valence electrons. The summed E-state index contributed by atoms with van der Waals surface area (Å²) in [6.07, 6.45) is 0. The first kappa shape index (κ1) is 26.0. The molecule has 3 aromatic rings. The topological polar surface area (TPSA) is 86.8 Å². The lowest BCUT2D eigenvalue weighted by Crippen LogP contribution is -2.50. The lowest BCUT2D eigenvalue weighted by molar-refractivity contribution is -0.139. The van der Waals surface area contributed by atoms with Gasteiger partial charge in [-0.25, -0.2) is 8.42 Å². The van der Waals surface area contributed by atoms with Gasteiger partial charge in [-0.3, -0.25) is 13.9 Å². The molecule has 0 aliphatic carbocycles. The van der Waals surface area contributed by atoms with Crippen LogP contribution >= 0.6 is 0 Å². The Bertz CT molecular complexity index is 1260. The van der Waals surface area contributed by atoms with Crippen molar-refractivity contribution in [1.29, 1.82) is 0 Å². The quantitative estimate of drug-likeness (QED) is 0.493. The van der Waals surface area contributed by atoms with Crippen LogP contribution in [-0.4, -0.2) is 44.8 Å². The van der Waals surface area contributed by atoms with Gasteiger partial charge in [0.15, 0.2) is 0 Å². The van der Waals surface area contributed by atoms with Crippen molar-refractivity contribution < 1.29 is 18.0 Å². The third-order valence-corrected chi connectivity index (χ3v) is 7.61. The van der Waals surface area contributed by atoms with Gasteiger partial charge in [0.25, 0.3) is 10.0 Å². The number of hydrogen-bond acceptors (Lipinski definition) is 4. The zero-order valence-corrected chi connectivity index (χ0v) is 21.2. The number of carbonyl (C=O) groups is 2. The van der Waals surface area contributed by atoms with Crippen molar-refractivity contribution in [2.24, 2.45) is 0 Å². The average molecular weight is 494 g/mol. The van der Waals surface area contributed by atoms with Gasteiger partial charge in [-0.2, -0.15) is 0 Å². The Balaban J connectivity index is 1.99. The van der Waals surface area contributed by atoms with E-state index in [1.165, 1.54) is 24.1 Å². The number of likely N-dealkylation sites (N-methyl/N-ethyl adjacent to an activating group) is 1. The number of amides is 2. The normalized spacial score (nSPS) is 12.0. The molecule has 0 radical (unpaired) electrons. The summed E-state index contributed by atoms with van der Waals surface area (Å²) in [6.45, 7) is 5.19. The second-order valence-electron chi connectivity index (χ2n) is 8.46. The number of anilines is 1. The fourth-order valence-corrected chi connectivity index (χ4v) is 5.06. The van der Waals surface area contributed by atoms with Crippen molar-refractivity contribution in [3.8, 4) is 0 Å². The number of aryl methyl sites for hydroxylation is 2. The maximum Gasteiger partial charge on any atom is 0.264 e. The number of nitrogens with zero attached hydrogens (tertiary/aromatic N) is 2. The highest BCUT2D eigenvalue weighted by molar-refractivity contribution is 7.92. The van der Waals surface area contributed by atoms with E-state index < -0.39 is 28.5 Å². The molecule has 1 atom stereocenters. The number of para-hydroxylation sites is 1. The van der Waals surface area contributed by atoms with Gasteiger partial charge in [-0.15, -0.1) is 0 Å². The minimum atomic E-state index is -4.04. The van der Waals surface area contributed by atoms with E-state index in [-0.39, 0.29) is 17.3 Å². The predicted molar refractivity (Wildman–Crippen MR) is 137 cm³/mol. The fourth-order valence-electron chi connectivity index (χ4n) is 3.64. The van der Waals surface area contributed by atoms with Gasteiger partial charge < -0.3 is 10.2 Å². The third kappa shape index (κ3) is 6.27. The number of rotatable bonds is 9. The van der Waals surface area contributed by atoms with Crippen molar-refractivity contribution >= 4 is 27.5 Å². The van der Waals surface area contributed by atoms with Gasteiger partial charge in [0.2, 0.25) is 11.8 Å². The standard InChI is InChI=1S/C27H31N3O4S/c1-20-10-14-23(15-11-20)18-29(22(3)27(32)28-4)26(31)19-30(24-8-6-5-7-9-24)35(33,34)25-16-12-21(2)13-17-25/h5-17,22H,18-19H2,1-4H3,(H,28,32). The van der Waals surface area contributed by atoms with Gasteiger partial charge in [-0.1, -0.05) is 65.7 Å². The second-order valence-corrected chi connectivity index (χ2v) is 10.3. The molecule has 2 amide bonds. The zero-order chi connectivity index (χ0) is 25.6. The highest BCUT2D eigenvalue weighted by atomic mass is 32.2. The van der Waals surface area contributed by atoms with E-state index in [1.54, 1.807) is 49.4 Å². The molecule has 35 heavy (non-hydrogen) atoms. The Labute approximate surface area is 207 Å². The lowest BCUT2D eigenvalue weighted by atomic mass is 10.1. The summed E-state index contributed by atoms with van der Waals surface area (Å²) in [7, 11) is -2.54. The summed E-state index contributed by atoms with van der Waals surface area (Å²) < 4.78 is 28.4. The van der Waals surface area contributed by atoms with Crippen LogP contribution in [0, 0.1) is 13.8 Å². The van der Waals surface area contributed by atoms with Crippen LogP contribution in [0.4, 0.5) is 5.69 Å².